The Morgan fingerprint density at radius 1 is 1.07 bits per heavy atom. The van der Waals surface area contributed by atoms with Gasteiger partial charge in [0.15, 0.2) is 0 Å². The van der Waals surface area contributed by atoms with E-state index in [-0.39, 0.29) is 10.2 Å². The van der Waals surface area contributed by atoms with Crippen LogP contribution in [0.3, 0.4) is 0 Å². The molecule has 1 aliphatic carbocycles. The number of nitrogens with zero attached hydrogens (tertiary/aromatic N) is 1. The topological polar surface area (TPSA) is 50.8 Å². The van der Waals surface area contributed by atoms with Gasteiger partial charge in [-0.15, -0.1) is 0 Å². The zero-order valence-corrected chi connectivity index (χ0v) is 23.3. The molecule has 0 aliphatic heterocycles. The van der Waals surface area contributed by atoms with Gasteiger partial charge in [-0.25, -0.2) is 8.51 Å². The van der Waals surface area contributed by atoms with Crippen LogP contribution in [0, 0.1) is 5.41 Å². The van der Waals surface area contributed by atoms with E-state index in [9.17, 15) is 4.21 Å². The minimum absolute atomic E-state index is 0.186. The van der Waals surface area contributed by atoms with E-state index in [0.717, 1.165) is 32.6 Å². The van der Waals surface area contributed by atoms with Crippen molar-refractivity contribution in [3.8, 4) is 0 Å². The summed E-state index contributed by atoms with van der Waals surface area (Å²) < 4.78 is 14.8. The van der Waals surface area contributed by atoms with Crippen LogP contribution < -0.4 is 10.6 Å². The second-order valence-electron chi connectivity index (χ2n) is 8.89. The highest BCUT2D eigenvalue weighted by molar-refractivity contribution is 7.84. The van der Waals surface area contributed by atoms with Crippen LogP contribution in [0.4, 0.5) is 0 Å². The fourth-order valence-corrected chi connectivity index (χ4v) is 5.29. The maximum atomic E-state index is 12.9. The van der Waals surface area contributed by atoms with E-state index in [4.69, 9.17) is 0 Å². The van der Waals surface area contributed by atoms with Gasteiger partial charge in [-0.2, -0.15) is 0 Å². The summed E-state index contributed by atoms with van der Waals surface area (Å²) in [5, 5.41) is 0. The van der Waals surface area contributed by atoms with Crippen molar-refractivity contribution in [3.63, 3.8) is 0 Å². The Morgan fingerprint density at radius 2 is 1.60 bits per heavy atom. The van der Waals surface area contributed by atoms with Gasteiger partial charge in [0.1, 0.15) is 6.54 Å². The lowest BCUT2D eigenvalue weighted by atomic mass is 9.86. The number of hydrogen-bond acceptors (Lipinski definition) is 2. The second-order valence-corrected chi connectivity index (χ2v) is 11.1. The van der Waals surface area contributed by atoms with E-state index in [1.165, 1.54) is 25.5 Å². The number of likely N-dealkylation sites (N-methyl/N-ethyl adjacent to an activating group) is 2. The van der Waals surface area contributed by atoms with Crippen LogP contribution in [0.1, 0.15) is 88.5 Å². The maximum absolute atomic E-state index is 12.9. The SMILES string of the molecule is CC.CC.CC[NH+](CCN(C)S(=O)C(C)(C)CC(C)(C)C)CC1=CCCC=C1.CN. The van der Waals surface area contributed by atoms with Crippen molar-refractivity contribution in [2.24, 2.45) is 11.1 Å². The number of allylic oxidation sites excluding steroid dienone is 2. The summed E-state index contributed by atoms with van der Waals surface area (Å²) in [6.45, 7) is 25.3. The summed E-state index contributed by atoms with van der Waals surface area (Å²) in [5.74, 6) is 0. The van der Waals surface area contributed by atoms with E-state index >= 15 is 0 Å². The molecule has 0 fully saturated rings. The summed E-state index contributed by atoms with van der Waals surface area (Å²) in [7, 11) is 2.55. The average Bonchev–Trinajstić information content (AvgIpc) is 2.73. The quantitative estimate of drug-likeness (QED) is 0.543. The van der Waals surface area contributed by atoms with Gasteiger partial charge in [-0.05, 0) is 52.5 Å². The molecule has 4 nitrogen and oxygen atoms in total. The monoisotopic (exact) mass is 446 g/mol. The standard InChI is InChI=1S/C20H38N2OS.2C2H6.CH5N/c1-8-22(16-18-12-10-9-11-13-18)15-14-21(7)24(23)20(5,6)17-19(2,3)4;3*1-2/h10,12-13H,8-9,11,14-17H2,1-7H3;2*1-2H3;2H2,1H3/p+1. The molecular formula is C25H56N3OS+. The van der Waals surface area contributed by atoms with Crippen LogP contribution in [-0.2, 0) is 11.0 Å². The molecular weight excluding hydrogens is 390 g/mol. The van der Waals surface area contributed by atoms with Crippen molar-refractivity contribution in [2.45, 2.75) is 93.2 Å². The Balaban J connectivity index is -0.00000111. The minimum Gasteiger partial charge on any atom is -0.333 e. The molecule has 0 saturated carbocycles. The molecule has 3 N–H and O–H groups in total. The molecule has 1 rings (SSSR count). The molecule has 0 spiro atoms. The zero-order valence-electron chi connectivity index (χ0n) is 22.5. The fraction of sp³-hybridized carbons (Fsp3) is 0.840. The highest BCUT2D eigenvalue weighted by atomic mass is 32.2. The molecule has 1 aliphatic rings. The number of hydrogen-bond donors (Lipinski definition) is 2. The van der Waals surface area contributed by atoms with Crippen LogP contribution in [0.15, 0.2) is 23.8 Å². The first-order valence-corrected chi connectivity index (χ1v) is 13.1. The van der Waals surface area contributed by atoms with Crippen LogP contribution in [0.5, 0.6) is 0 Å². The highest BCUT2D eigenvalue weighted by Crippen LogP contribution is 2.31. The fourth-order valence-electron chi connectivity index (χ4n) is 3.64. The van der Waals surface area contributed by atoms with Gasteiger partial charge in [0.2, 0.25) is 0 Å². The summed E-state index contributed by atoms with van der Waals surface area (Å²) >= 11 is 0. The van der Waals surface area contributed by atoms with Gasteiger partial charge in [0.25, 0.3) is 0 Å². The first kappa shape index (κ1) is 34.1. The Morgan fingerprint density at radius 3 is 2.00 bits per heavy atom. The van der Waals surface area contributed by atoms with Crippen LogP contribution in [-0.4, -0.2) is 53.5 Å². The largest absolute Gasteiger partial charge is 0.333 e. The third-order valence-corrected chi connectivity index (χ3v) is 6.36. The van der Waals surface area contributed by atoms with Crippen molar-refractivity contribution in [3.05, 3.63) is 23.8 Å². The maximum Gasteiger partial charge on any atom is 0.102 e. The number of rotatable bonds is 9. The Labute approximate surface area is 192 Å². The summed E-state index contributed by atoms with van der Waals surface area (Å²) in [5.41, 5.74) is 6.15. The Bertz CT molecular complexity index is 479. The van der Waals surface area contributed by atoms with Gasteiger partial charge < -0.3 is 10.6 Å². The van der Waals surface area contributed by atoms with Gasteiger partial charge >= 0.3 is 0 Å². The normalized spacial score (nSPS) is 15.5. The van der Waals surface area contributed by atoms with Crippen LogP contribution >= 0.6 is 0 Å². The van der Waals surface area contributed by atoms with Gasteiger partial charge in [-0.1, -0.05) is 66.7 Å². The molecule has 0 bridgehead atoms. The van der Waals surface area contributed by atoms with Gasteiger partial charge in [0, 0.05) is 12.6 Å². The Kier molecular flexibility index (Phi) is 21.9. The summed E-state index contributed by atoms with van der Waals surface area (Å²) in [6.07, 6.45) is 10.2. The first-order valence-electron chi connectivity index (χ1n) is 11.9. The van der Waals surface area contributed by atoms with E-state index in [1.807, 2.05) is 39.0 Å². The van der Waals surface area contributed by atoms with E-state index in [1.54, 1.807) is 4.90 Å². The molecule has 5 heteroatoms. The minimum atomic E-state index is -0.955. The molecule has 0 amide bonds. The molecule has 182 valence electrons. The molecule has 2 atom stereocenters. The lowest BCUT2D eigenvalue weighted by Crippen LogP contribution is -3.12. The summed E-state index contributed by atoms with van der Waals surface area (Å²) in [4.78, 5) is 1.56. The Hall–Kier alpha value is -0.490. The third-order valence-electron chi connectivity index (χ3n) is 4.52. The van der Waals surface area contributed by atoms with E-state index in [2.05, 4.69) is 65.5 Å². The predicted molar refractivity (Wildman–Crippen MR) is 139 cm³/mol. The molecule has 0 heterocycles. The number of nitrogens with two attached hydrogens (primary N) is 1. The molecule has 30 heavy (non-hydrogen) atoms. The number of nitrogens with one attached hydrogen (secondary N) is 1. The zero-order chi connectivity index (χ0) is 24.4. The third kappa shape index (κ3) is 16.2. The molecule has 0 saturated heterocycles. The van der Waals surface area contributed by atoms with Crippen LogP contribution in [0.25, 0.3) is 0 Å². The van der Waals surface area contributed by atoms with Crippen molar-refractivity contribution in [2.75, 3.05) is 40.3 Å². The van der Waals surface area contributed by atoms with Crippen molar-refractivity contribution in [1.29, 1.82) is 0 Å². The second kappa shape index (κ2) is 19.2. The molecule has 0 radical (unpaired) electrons. The van der Waals surface area contributed by atoms with Crippen molar-refractivity contribution in [1.82, 2.24) is 4.31 Å². The highest BCUT2D eigenvalue weighted by Gasteiger charge is 2.33. The molecule has 0 aromatic carbocycles. The lowest BCUT2D eigenvalue weighted by Gasteiger charge is -2.34. The molecule has 2 unspecified atom stereocenters. The number of quaternary nitrogens is 1. The van der Waals surface area contributed by atoms with Gasteiger partial charge in [0.05, 0.1) is 35.4 Å². The van der Waals surface area contributed by atoms with Gasteiger partial charge in [-0.3, -0.25) is 0 Å². The first-order chi connectivity index (χ1) is 14.0. The van der Waals surface area contributed by atoms with Crippen LogP contribution in [0.2, 0.25) is 0 Å². The smallest absolute Gasteiger partial charge is 0.102 e. The average molecular weight is 447 g/mol. The van der Waals surface area contributed by atoms with E-state index < -0.39 is 11.0 Å². The molecule has 0 aromatic rings. The molecule has 0 aromatic heterocycles. The van der Waals surface area contributed by atoms with E-state index in [0.29, 0.717) is 0 Å². The predicted octanol–water partition coefficient (Wildman–Crippen LogP) is 4.61. The lowest BCUT2D eigenvalue weighted by molar-refractivity contribution is -0.892. The van der Waals surface area contributed by atoms with Crippen molar-refractivity contribution >= 4 is 11.0 Å². The van der Waals surface area contributed by atoms with Crippen molar-refractivity contribution < 1.29 is 9.11 Å². The summed E-state index contributed by atoms with van der Waals surface area (Å²) in [6, 6.07) is 0.